The van der Waals surface area contributed by atoms with Crippen LogP contribution in [0.3, 0.4) is 0 Å². The minimum atomic E-state index is -0.797. The van der Waals surface area contributed by atoms with Gasteiger partial charge >= 0.3 is 5.97 Å². The molecule has 5 heteroatoms. The largest absolute Gasteiger partial charge is 0.469 e. The topological polar surface area (TPSA) is 52.3 Å². The molecule has 18 heavy (non-hydrogen) atoms. The molecular weight excluding hydrogens is 240 g/mol. The van der Waals surface area contributed by atoms with E-state index in [-0.39, 0.29) is 6.42 Å². The first kappa shape index (κ1) is 14.6. The fraction of sp³-hybridized carbons (Fsp3) is 0.462. The second-order valence-corrected chi connectivity index (χ2v) is 4.86. The average Bonchev–Trinajstić information content (AvgIpc) is 2.22. The predicted octanol–water partition coefficient (Wildman–Crippen LogP) is 2.35. The zero-order valence-electron chi connectivity index (χ0n) is 10.7. The highest BCUT2D eigenvalue weighted by atomic mass is 19.1. The summed E-state index contributed by atoms with van der Waals surface area (Å²) < 4.78 is 31.0. The molecule has 1 rings (SSSR count). The monoisotopic (exact) mass is 257 g/mol. The van der Waals surface area contributed by atoms with Crippen LogP contribution in [0, 0.1) is 11.6 Å². The van der Waals surface area contributed by atoms with Crippen LogP contribution in [-0.4, -0.2) is 18.6 Å². The van der Waals surface area contributed by atoms with E-state index in [1.54, 1.807) is 13.8 Å². The van der Waals surface area contributed by atoms with Crippen molar-refractivity contribution in [1.82, 2.24) is 0 Å². The zero-order chi connectivity index (χ0) is 13.9. The highest BCUT2D eigenvalue weighted by Gasteiger charge is 2.30. The molecule has 0 aromatic heterocycles. The van der Waals surface area contributed by atoms with Crippen molar-refractivity contribution < 1.29 is 18.3 Å². The van der Waals surface area contributed by atoms with Crippen LogP contribution >= 0.6 is 0 Å². The van der Waals surface area contributed by atoms with Gasteiger partial charge in [0.25, 0.3) is 0 Å². The molecule has 0 saturated heterocycles. The molecule has 0 fully saturated rings. The number of methoxy groups -OCH3 is 1. The lowest BCUT2D eigenvalue weighted by Crippen LogP contribution is -2.40. The van der Waals surface area contributed by atoms with Gasteiger partial charge in [-0.1, -0.05) is 0 Å². The van der Waals surface area contributed by atoms with Gasteiger partial charge in [0.2, 0.25) is 0 Å². The molecule has 1 aromatic rings. The molecule has 100 valence electrons. The maximum absolute atomic E-state index is 13.2. The second-order valence-electron chi connectivity index (χ2n) is 4.86. The molecule has 0 aliphatic rings. The van der Waals surface area contributed by atoms with Crippen LogP contribution in [0.4, 0.5) is 8.78 Å². The number of hydrogen-bond donors (Lipinski definition) is 1. The van der Waals surface area contributed by atoms with Crippen molar-refractivity contribution in [2.24, 2.45) is 5.73 Å². The summed E-state index contributed by atoms with van der Waals surface area (Å²) in [5.41, 5.74) is 5.52. The fourth-order valence-electron chi connectivity index (χ4n) is 1.84. The van der Waals surface area contributed by atoms with E-state index in [1.807, 2.05) is 0 Å². The third-order valence-corrected chi connectivity index (χ3v) is 2.78. The minimum Gasteiger partial charge on any atom is -0.469 e. The van der Waals surface area contributed by atoms with Gasteiger partial charge in [-0.2, -0.15) is 0 Å². The number of ether oxygens (including phenoxy) is 1. The molecule has 0 amide bonds. The van der Waals surface area contributed by atoms with Crippen molar-refractivity contribution in [3.05, 3.63) is 35.4 Å². The third-order valence-electron chi connectivity index (χ3n) is 2.78. The lowest BCUT2D eigenvalue weighted by Gasteiger charge is -2.30. The molecule has 1 unspecified atom stereocenters. The molecule has 0 aliphatic carbocycles. The number of esters is 1. The highest BCUT2D eigenvalue weighted by molar-refractivity contribution is 5.70. The van der Waals surface area contributed by atoms with E-state index in [2.05, 4.69) is 4.74 Å². The summed E-state index contributed by atoms with van der Waals surface area (Å²) >= 11 is 0. The first-order chi connectivity index (χ1) is 8.24. The van der Waals surface area contributed by atoms with Gasteiger partial charge in [0.05, 0.1) is 13.5 Å². The maximum atomic E-state index is 13.2. The van der Waals surface area contributed by atoms with Crippen molar-refractivity contribution in [1.29, 1.82) is 0 Å². The van der Waals surface area contributed by atoms with Crippen LogP contribution in [0.1, 0.15) is 31.7 Å². The van der Waals surface area contributed by atoms with Crippen molar-refractivity contribution in [2.45, 2.75) is 31.7 Å². The molecule has 1 atom stereocenters. The Labute approximate surface area is 105 Å². The van der Waals surface area contributed by atoms with Gasteiger partial charge in [0, 0.05) is 17.5 Å². The fourth-order valence-corrected chi connectivity index (χ4v) is 1.84. The number of nitrogens with two attached hydrogens (primary N) is 1. The Morgan fingerprint density at radius 1 is 1.33 bits per heavy atom. The Kier molecular flexibility index (Phi) is 4.40. The number of benzene rings is 1. The first-order valence-corrected chi connectivity index (χ1v) is 5.55. The van der Waals surface area contributed by atoms with Crippen molar-refractivity contribution in [3.63, 3.8) is 0 Å². The van der Waals surface area contributed by atoms with Gasteiger partial charge in [-0.15, -0.1) is 0 Å². The van der Waals surface area contributed by atoms with Gasteiger partial charge in [-0.25, -0.2) is 8.78 Å². The number of rotatable bonds is 4. The summed E-state index contributed by atoms with van der Waals surface area (Å²) in [7, 11) is 1.26. The highest BCUT2D eigenvalue weighted by Crippen LogP contribution is 2.30. The Morgan fingerprint density at radius 2 is 1.83 bits per heavy atom. The molecule has 1 aromatic carbocycles. The van der Waals surface area contributed by atoms with Gasteiger partial charge in [-0.05, 0) is 31.5 Å². The van der Waals surface area contributed by atoms with Crippen LogP contribution in [0.5, 0.6) is 0 Å². The molecule has 0 bridgehead atoms. The Hall–Kier alpha value is -1.49. The predicted molar refractivity (Wildman–Crippen MR) is 64.0 cm³/mol. The number of halogens is 2. The van der Waals surface area contributed by atoms with Crippen molar-refractivity contribution in [3.8, 4) is 0 Å². The quantitative estimate of drug-likeness (QED) is 0.842. The molecule has 2 N–H and O–H groups in total. The Bertz CT molecular complexity index is 421. The zero-order valence-corrected chi connectivity index (χ0v) is 10.7. The summed E-state index contributed by atoms with van der Waals surface area (Å²) in [6.45, 7) is 3.40. The minimum absolute atomic E-state index is 0.0249. The molecule has 0 heterocycles. The van der Waals surface area contributed by atoms with Crippen LogP contribution in [-0.2, 0) is 9.53 Å². The van der Waals surface area contributed by atoms with Gasteiger partial charge in [0.1, 0.15) is 11.6 Å². The van der Waals surface area contributed by atoms with Crippen LogP contribution in [0.15, 0.2) is 18.2 Å². The standard InChI is InChI=1S/C13H17F2NO2/c1-13(2,16)11(7-12(17)18-3)8-4-9(14)6-10(15)5-8/h4-6,11H,7,16H2,1-3H3. The Morgan fingerprint density at radius 3 is 2.22 bits per heavy atom. The molecule has 0 spiro atoms. The molecule has 0 aliphatic heterocycles. The number of hydrogen-bond acceptors (Lipinski definition) is 3. The van der Waals surface area contributed by atoms with E-state index < -0.39 is 29.1 Å². The van der Waals surface area contributed by atoms with Crippen molar-refractivity contribution in [2.75, 3.05) is 7.11 Å². The summed E-state index contributed by atoms with van der Waals surface area (Å²) in [4.78, 5) is 11.3. The van der Waals surface area contributed by atoms with Crippen molar-refractivity contribution >= 4 is 5.97 Å². The second kappa shape index (κ2) is 5.44. The van der Waals surface area contributed by atoms with Crippen LogP contribution < -0.4 is 5.73 Å². The SMILES string of the molecule is COC(=O)CC(c1cc(F)cc(F)c1)C(C)(C)N. The number of carbonyl (C=O) groups is 1. The van der Waals surface area contributed by atoms with Gasteiger partial charge < -0.3 is 10.5 Å². The smallest absolute Gasteiger partial charge is 0.306 e. The summed E-state index contributed by atoms with van der Waals surface area (Å²) in [6.07, 6.45) is -0.0249. The van der Waals surface area contributed by atoms with Crippen LogP contribution in [0.2, 0.25) is 0 Å². The van der Waals surface area contributed by atoms with E-state index in [0.29, 0.717) is 5.56 Å². The number of carbonyl (C=O) groups excluding carboxylic acids is 1. The first-order valence-electron chi connectivity index (χ1n) is 5.55. The van der Waals surface area contributed by atoms with E-state index in [4.69, 9.17) is 5.73 Å². The summed E-state index contributed by atoms with van der Waals surface area (Å²) in [5, 5.41) is 0. The van der Waals surface area contributed by atoms with Gasteiger partial charge in [-0.3, -0.25) is 4.79 Å². The summed E-state index contributed by atoms with van der Waals surface area (Å²) in [6, 6.07) is 3.15. The average molecular weight is 257 g/mol. The van der Waals surface area contributed by atoms with Gasteiger partial charge in [0.15, 0.2) is 0 Å². The van der Waals surface area contributed by atoms with E-state index in [0.717, 1.165) is 6.07 Å². The molecule has 0 radical (unpaired) electrons. The Balaban J connectivity index is 3.13. The lowest BCUT2D eigenvalue weighted by molar-refractivity contribution is -0.141. The third kappa shape index (κ3) is 3.77. The molecule has 0 saturated carbocycles. The van der Waals surface area contributed by atoms with E-state index >= 15 is 0 Å². The van der Waals surface area contributed by atoms with Crippen LogP contribution in [0.25, 0.3) is 0 Å². The lowest BCUT2D eigenvalue weighted by atomic mass is 9.80. The summed E-state index contributed by atoms with van der Waals surface area (Å²) in [5.74, 6) is -2.37. The normalized spacial score (nSPS) is 13.2. The van der Waals surface area contributed by atoms with E-state index in [9.17, 15) is 13.6 Å². The van der Waals surface area contributed by atoms with E-state index in [1.165, 1.54) is 19.2 Å². The maximum Gasteiger partial charge on any atom is 0.306 e. The molecular formula is C13H17F2NO2. The molecule has 3 nitrogen and oxygen atoms in total.